The minimum Gasteiger partial charge on any atom is -0.493 e. The van der Waals surface area contributed by atoms with E-state index in [-0.39, 0.29) is 0 Å². The maximum Gasteiger partial charge on any atom is 0.179 e. The Morgan fingerprint density at radius 3 is 2.52 bits per heavy atom. The van der Waals surface area contributed by atoms with Crippen LogP contribution < -0.4 is 14.2 Å². The molecule has 2 rings (SSSR count). The molecule has 0 unspecified atom stereocenters. The fourth-order valence-electron chi connectivity index (χ4n) is 2.13. The molecule has 0 aliphatic heterocycles. The zero-order valence-corrected chi connectivity index (χ0v) is 14.9. The predicted molar refractivity (Wildman–Crippen MR) is 92.3 cm³/mol. The lowest BCUT2D eigenvalue weighted by molar-refractivity contribution is 0.210. The summed E-state index contributed by atoms with van der Waals surface area (Å²) in [5.41, 5.74) is 2.72. The molecular weight excluding hydrogens is 358 g/mol. The molecule has 0 radical (unpaired) electrons. The molecule has 0 amide bonds. The van der Waals surface area contributed by atoms with Gasteiger partial charge in [-0.05, 0) is 43.2 Å². The van der Waals surface area contributed by atoms with Crippen molar-refractivity contribution in [3.63, 3.8) is 0 Å². The first-order valence-corrected chi connectivity index (χ1v) is 7.95. The first kappa shape index (κ1) is 17.2. The number of halogens is 1. The monoisotopic (exact) mass is 375 g/mol. The number of hydrogen-bond donors (Lipinski definition) is 0. The smallest absolute Gasteiger partial charge is 0.179 e. The van der Waals surface area contributed by atoms with Crippen molar-refractivity contribution < 1.29 is 14.2 Å². The van der Waals surface area contributed by atoms with Crippen molar-refractivity contribution in [2.24, 2.45) is 0 Å². The molecule has 0 bridgehead atoms. The largest absolute Gasteiger partial charge is 0.493 e. The molecule has 2 aromatic rings. The van der Waals surface area contributed by atoms with Crippen molar-refractivity contribution in [3.05, 3.63) is 51.5 Å². The van der Waals surface area contributed by atoms with Crippen molar-refractivity contribution in [2.75, 3.05) is 20.3 Å². The van der Waals surface area contributed by atoms with Crippen LogP contribution in [0.2, 0.25) is 0 Å². The molecule has 0 saturated heterocycles. The van der Waals surface area contributed by atoms with E-state index in [4.69, 9.17) is 14.2 Å². The van der Waals surface area contributed by atoms with Crippen LogP contribution in [0.15, 0.2) is 34.8 Å². The fourth-order valence-corrected chi connectivity index (χ4v) is 2.56. The van der Waals surface area contributed by atoms with Crippen molar-refractivity contribution in [1.82, 2.24) is 0 Å². The van der Waals surface area contributed by atoms with Gasteiger partial charge in [-0.1, -0.05) is 28.1 Å². The van der Waals surface area contributed by atoms with Gasteiger partial charge < -0.3 is 14.2 Å². The normalized spacial score (nSPS) is 10.0. The summed E-state index contributed by atoms with van der Waals surface area (Å²) in [7, 11) is 1.54. The second-order valence-corrected chi connectivity index (χ2v) is 5.91. The van der Waals surface area contributed by atoms with Gasteiger partial charge in [0.25, 0.3) is 0 Å². The van der Waals surface area contributed by atoms with Gasteiger partial charge in [0.1, 0.15) is 25.0 Å². The highest BCUT2D eigenvalue weighted by molar-refractivity contribution is 9.10. The van der Waals surface area contributed by atoms with E-state index in [9.17, 15) is 5.26 Å². The number of ether oxygens (including phenoxy) is 3. The lowest BCUT2D eigenvalue weighted by Gasteiger charge is -2.14. The standard InChI is InChI=1S/C18H18BrNO3/c1-12-5-4-6-16(13(12)2)22-7-8-23-18-14(11-20)9-15(19)10-17(18)21-3/h4-6,9-10H,7-8H2,1-3H3. The molecule has 0 saturated carbocycles. The highest BCUT2D eigenvalue weighted by Crippen LogP contribution is 2.34. The Morgan fingerprint density at radius 1 is 1.09 bits per heavy atom. The van der Waals surface area contributed by atoms with Crippen LogP contribution in [0, 0.1) is 25.2 Å². The quantitative estimate of drug-likeness (QED) is 0.701. The van der Waals surface area contributed by atoms with Gasteiger partial charge in [0.2, 0.25) is 0 Å². The minimum absolute atomic E-state index is 0.319. The third kappa shape index (κ3) is 4.17. The molecule has 120 valence electrons. The number of nitrogens with zero attached hydrogens (tertiary/aromatic N) is 1. The van der Waals surface area contributed by atoms with Gasteiger partial charge in [0.05, 0.1) is 12.7 Å². The Bertz CT molecular complexity index is 738. The number of nitriles is 1. The number of rotatable bonds is 6. The Labute approximate surface area is 144 Å². The van der Waals surface area contributed by atoms with Gasteiger partial charge in [-0.3, -0.25) is 0 Å². The van der Waals surface area contributed by atoms with Crippen molar-refractivity contribution in [1.29, 1.82) is 5.26 Å². The molecule has 0 N–H and O–H groups in total. The highest BCUT2D eigenvalue weighted by Gasteiger charge is 2.12. The summed E-state index contributed by atoms with van der Waals surface area (Å²) in [5, 5.41) is 9.23. The average Bonchev–Trinajstić information content (AvgIpc) is 2.55. The van der Waals surface area contributed by atoms with Crippen LogP contribution in [0.3, 0.4) is 0 Å². The first-order chi connectivity index (χ1) is 11.1. The maximum atomic E-state index is 9.23. The summed E-state index contributed by atoms with van der Waals surface area (Å²) in [6.45, 7) is 4.77. The third-order valence-corrected chi connectivity index (χ3v) is 3.96. The van der Waals surface area contributed by atoms with E-state index in [1.165, 1.54) is 5.56 Å². The number of methoxy groups -OCH3 is 1. The number of aryl methyl sites for hydroxylation is 1. The molecule has 0 aromatic heterocycles. The molecule has 0 fully saturated rings. The molecule has 0 aliphatic carbocycles. The van der Waals surface area contributed by atoms with E-state index in [1.807, 2.05) is 32.0 Å². The average molecular weight is 376 g/mol. The van der Waals surface area contributed by atoms with Crippen molar-refractivity contribution >= 4 is 15.9 Å². The second kappa shape index (κ2) is 7.89. The van der Waals surface area contributed by atoms with Crippen LogP contribution in [0.1, 0.15) is 16.7 Å². The SMILES string of the molecule is COc1cc(Br)cc(C#N)c1OCCOc1cccc(C)c1C. The molecule has 0 spiro atoms. The Balaban J connectivity index is 2.02. The van der Waals surface area contributed by atoms with Gasteiger partial charge in [0.15, 0.2) is 11.5 Å². The van der Waals surface area contributed by atoms with Crippen molar-refractivity contribution in [2.45, 2.75) is 13.8 Å². The highest BCUT2D eigenvalue weighted by atomic mass is 79.9. The van der Waals surface area contributed by atoms with Crippen molar-refractivity contribution in [3.8, 4) is 23.3 Å². The summed E-state index contributed by atoms with van der Waals surface area (Å²) in [6, 6.07) is 11.5. The summed E-state index contributed by atoms with van der Waals surface area (Å²) >= 11 is 3.34. The molecule has 2 aromatic carbocycles. The lowest BCUT2D eigenvalue weighted by atomic mass is 10.1. The third-order valence-electron chi connectivity index (χ3n) is 3.50. The van der Waals surface area contributed by atoms with E-state index in [0.29, 0.717) is 30.3 Å². The molecule has 4 nitrogen and oxygen atoms in total. The fraction of sp³-hybridized carbons (Fsp3) is 0.278. The number of benzene rings is 2. The van der Waals surface area contributed by atoms with Crippen LogP contribution in [0.25, 0.3) is 0 Å². The lowest BCUT2D eigenvalue weighted by Crippen LogP contribution is -2.11. The van der Waals surface area contributed by atoms with Gasteiger partial charge in [-0.2, -0.15) is 5.26 Å². The first-order valence-electron chi connectivity index (χ1n) is 7.16. The summed E-state index contributed by atoms with van der Waals surface area (Å²) in [5.74, 6) is 1.79. The zero-order valence-electron chi connectivity index (χ0n) is 13.4. The summed E-state index contributed by atoms with van der Waals surface area (Å²) in [6.07, 6.45) is 0. The van der Waals surface area contributed by atoms with Gasteiger partial charge in [-0.25, -0.2) is 0 Å². The van der Waals surface area contributed by atoms with Crippen LogP contribution >= 0.6 is 15.9 Å². The van der Waals surface area contributed by atoms with Gasteiger partial charge in [-0.15, -0.1) is 0 Å². The molecule has 0 aliphatic rings. The molecule has 5 heteroatoms. The molecular formula is C18H18BrNO3. The van der Waals surface area contributed by atoms with Gasteiger partial charge in [0, 0.05) is 4.47 Å². The minimum atomic E-state index is 0.319. The van der Waals surface area contributed by atoms with E-state index < -0.39 is 0 Å². The van der Waals surface area contributed by atoms with E-state index in [1.54, 1.807) is 19.2 Å². The molecule has 0 heterocycles. The summed E-state index contributed by atoms with van der Waals surface area (Å²) in [4.78, 5) is 0. The van der Waals surface area contributed by atoms with E-state index in [2.05, 4.69) is 22.0 Å². The van der Waals surface area contributed by atoms with Crippen LogP contribution in [-0.2, 0) is 0 Å². The predicted octanol–water partition coefficient (Wildman–Crippen LogP) is 4.40. The molecule has 0 atom stereocenters. The molecule has 23 heavy (non-hydrogen) atoms. The van der Waals surface area contributed by atoms with Crippen LogP contribution in [-0.4, -0.2) is 20.3 Å². The van der Waals surface area contributed by atoms with E-state index in [0.717, 1.165) is 15.8 Å². The Kier molecular flexibility index (Phi) is 5.89. The van der Waals surface area contributed by atoms with Crippen LogP contribution in [0.5, 0.6) is 17.2 Å². The zero-order chi connectivity index (χ0) is 16.8. The summed E-state index contributed by atoms with van der Waals surface area (Å²) < 4.78 is 17.5. The second-order valence-electron chi connectivity index (χ2n) is 4.99. The van der Waals surface area contributed by atoms with E-state index >= 15 is 0 Å². The Morgan fingerprint density at radius 2 is 1.83 bits per heavy atom. The number of hydrogen-bond acceptors (Lipinski definition) is 4. The maximum absolute atomic E-state index is 9.23. The Hall–Kier alpha value is -2.19. The van der Waals surface area contributed by atoms with Gasteiger partial charge >= 0.3 is 0 Å². The van der Waals surface area contributed by atoms with Crippen LogP contribution in [0.4, 0.5) is 0 Å². The topological polar surface area (TPSA) is 51.5 Å².